The van der Waals surface area contributed by atoms with Crippen LogP contribution >= 0.6 is 7.82 Å². The van der Waals surface area contributed by atoms with Crippen LogP contribution in [0.15, 0.2) is 12.2 Å². The summed E-state index contributed by atoms with van der Waals surface area (Å²) in [6.45, 7) is 3.32. The fraction of sp³-hybridized carbons (Fsp3) is 0.917. The molecule has 1 rings (SSSR count). The molecule has 0 aromatic carbocycles. The molecule has 0 spiro atoms. The minimum Gasteiger partial charge on any atom is -0.462 e. The highest BCUT2D eigenvalue weighted by atomic mass is 31.2. The van der Waals surface area contributed by atoms with E-state index in [4.69, 9.17) is 18.5 Å². The van der Waals surface area contributed by atoms with E-state index in [2.05, 4.69) is 26.0 Å². The summed E-state index contributed by atoms with van der Waals surface area (Å²) in [5.74, 6) is -1.09. The Morgan fingerprint density at radius 2 is 0.823 bits per heavy atom. The quantitative estimate of drug-likeness (QED) is 0.0146. The highest BCUT2D eigenvalue weighted by Crippen LogP contribution is 2.47. The van der Waals surface area contributed by atoms with Crippen molar-refractivity contribution >= 4 is 19.8 Å². The number of carbonyl (C=O) groups excluding carboxylic acids is 2. The lowest BCUT2D eigenvalue weighted by atomic mass is 9.85. The summed E-state index contributed by atoms with van der Waals surface area (Å²) in [6, 6.07) is 0. The van der Waals surface area contributed by atoms with E-state index in [0.717, 1.165) is 51.4 Å². The van der Waals surface area contributed by atoms with Crippen molar-refractivity contribution in [3.63, 3.8) is 0 Å². The maximum Gasteiger partial charge on any atom is 0.472 e. The number of aliphatic hydroxyl groups is 5. The van der Waals surface area contributed by atoms with Gasteiger partial charge in [-0.3, -0.25) is 18.6 Å². The number of phosphoric acid groups is 1. The van der Waals surface area contributed by atoms with Gasteiger partial charge >= 0.3 is 19.8 Å². The molecule has 6 unspecified atom stereocenters. The van der Waals surface area contributed by atoms with Crippen molar-refractivity contribution < 1.29 is 63.1 Å². The Morgan fingerprint density at radius 1 is 0.484 bits per heavy atom. The number of allylic oxidation sites excluding steroid dienone is 2. The zero-order chi connectivity index (χ0) is 45.7. The van der Waals surface area contributed by atoms with E-state index in [9.17, 15) is 44.6 Å². The first kappa shape index (κ1) is 58.6. The first-order valence-corrected chi connectivity index (χ1v) is 26.5. The van der Waals surface area contributed by atoms with Gasteiger partial charge in [0.15, 0.2) is 6.10 Å². The molecule has 6 N–H and O–H groups in total. The van der Waals surface area contributed by atoms with E-state index in [1.165, 1.54) is 135 Å². The molecule has 0 saturated heterocycles. The topological polar surface area (TPSA) is 210 Å². The number of ether oxygens (including phenoxy) is 2. The lowest BCUT2D eigenvalue weighted by Crippen LogP contribution is -2.64. The predicted octanol–water partition coefficient (Wildman–Crippen LogP) is 10.2. The van der Waals surface area contributed by atoms with Crippen LogP contribution in [0.5, 0.6) is 0 Å². The minimum absolute atomic E-state index is 0.102. The van der Waals surface area contributed by atoms with E-state index in [1.807, 2.05) is 0 Å². The van der Waals surface area contributed by atoms with E-state index < -0.39 is 75.7 Å². The van der Waals surface area contributed by atoms with Gasteiger partial charge in [0, 0.05) is 12.8 Å². The molecule has 13 nitrogen and oxygen atoms in total. The lowest BCUT2D eigenvalue weighted by Gasteiger charge is -2.41. The average Bonchev–Trinajstić information content (AvgIpc) is 3.25. The number of rotatable bonds is 42. The van der Waals surface area contributed by atoms with Crippen molar-refractivity contribution in [3.05, 3.63) is 12.2 Å². The second kappa shape index (κ2) is 38.8. The van der Waals surface area contributed by atoms with E-state index >= 15 is 0 Å². The van der Waals surface area contributed by atoms with Crippen LogP contribution in [-0.4, -0.2) is 98.3 Å². The Kier molecular flexibility index (Phi) is 36.7. The van der Waals surface area contributed by atoms with Gasteiger partial charge in [0.2, 0.25) is 0 Å². The summed E-state index contributed by atoms with van der Waals surface area (Å²) < 4.78 is 33.6. The normalized spacial score (nSPS) is 21.9. The van der Waals surface area contributed by atoms with Gasteiger partial charge in [-0.05, 0) is 38.5 Å². The molecule has 14 heteroatoms. The van der Waals surface area contributed by atoms with Gasteiger partial charge in [-0.15, -0.1) is 0 Å². The summed E-state index contributed by atoms with van der Waals surface area (Å²) in [5, 5.41) is 50.2. The molecule has 0 amide bonds. The van der Waals surface area contributed by atoms with Crippen LogP contribution in [0.1, 0.15) is 226 Å². The van der Waals surface area contributed by atoms with Crippen LogP contribution in [0.2, 0.25) is 0 Å². The number of unbranched alkanes of at least 4 members (excludes halogenated alkanes) is 28. The van der Waals surface area contributed by atoms with Crippen LogP contribution in [0.3, 0.4) is 0 Å². The van der Waals surface area contributed by atoms with Gasteiger partial charge in [0.05, 0.1) is 6.61 Å². The molecule has 8 atom stereocenters. The Balaban J connectivity index is 2.41. The molecule has 1 aliphatic carbocycles. The van der Waals surface area contributed by atoms with Crippen molar-refractivity contribution in [1.29, 1.82) is 0 Å². The molecule has 0 aromatic rings. The van der Waals surface area contributed by atoms with Crippen molar-refractivity contribution in [2.24, 2.45) is 0 Å². The maximum absolute atomic E-state index is 12.8. The number of carbonyl (C=O) groups is 2. The van der Waals surface area contributed by atoms with E-state index in [1.54, 1.807) is 0 Å². The van der Waals surface area contributed by atoms with Gasteiger partial charge in [0.25, 0.3) is 0 Å². The third-order valence-electron chi connectivity index (χ3n) is 11.9. The molecule has 0 aromatic heterocycles. The summed E-state index contributed by atoms with van der Waals surface area (Å²) in [4.78, 5) is 35.8. The maximum atomic E-state index is 12.8. The largest absolute Gasteiger partial charge is 0.472 e. The monoisotopic (exact) mass is 907 g/mol. The van der Waals surface area contributed by atoms with Gasteiger partial charge in [-0.2, -0.15) is 0 Å². The molecule has 62 heavy (non-hydrogen) atoms. The number of aliphatic hydroxyl groups excluding tert-OH is 5. The molecular weight excluding hydrogens is 815 g/mol. The van der Waals surface area contributed by atoms with Crippen LogP contribution in [-0.2, 0) is 32.7 Å². The van der Waals surface area contributed by atoms with Gasteiger partial charge in [-0.25, -0.2) is 4.57 Å². The van der Waals surface area contributed by atoms with E-state index in [-0.39, 0.29) is 12.8 Å². The Labute approximate surface area is 375 Å². The van der Waals surface area contributed by atoms with Crippen molar-refractivity contribution in [3.8, 4) is 0 Å². The molecule has 1 aliphatic rings. The van der Waals surface area contributed by atoms with Crippen molar-refractivity contribution in [2.75, 3.05) is 13.2 Å². The third-order valence-corrected chi connectivity index (χ3v) is 12.8. The van der Waals surface area contributed by atoms with Crippen LogP contribution in [0.25, 0.3) is 0 Å². The fourth-order valence-electron chi connectivity index (χ4n) is 7.81. The smallest absolute Gasteiger partial charge is 0.462 e. The van der Waals surface area contributed by atoms with Crippen LogP contribution in [0.4, 0.5) is 0 Å². The molecule has 0 radical (unpaired) electrons. The number of phosphoric ester groups is 1. The Bertz CT molecular complexity index is 1140. The summed E-state index contributed by atoms with van der Waals surface area (Å²) >= 11 is 0. The average molecular weight is 907 g/mol. The highest BCUT2D eigenvalue weighted by Gasteiger charge is 2.51. The summed E-state index contributed by atoms with van der Waals surface area (Å²) in [7, 11) is -5.12. The lowest BCUT2D eigenvalue weighted by molar-refractivity contribution is -0.220. The minimum atomic E-state index is -5.12. The Morgan fingerprint density at radius 3 is 1.23 bits per heavy atom. The standard InChI is InChI=1S/C48H91O13P/c1-3-5-7-9-11-13-15-17-19-21-23-24-26-28-30-32-34-36-41(49)58-38-40(39-59-62(56,57)61-48-46(54)44(52)43(51)45(53)47(48)55)60-42(50)37-35-33-31-29-27-25-22-20-18-16-14-12-10-8-6-4-2/h17,19,40,43-48,51-55H,3-16,18,20-39H2,1-2H3,(H,56,57)/b19-17-/t40-,43?,44-,45?,46?,47?,48?/m1/s1. The van der Waals surface area contributed by atoms with Crippen molar-refractivity contribution in [1.82, 2.24) is 0 Å². The first-order chi connectivity index (χ1) is 29.9. The first-order valence-electron chi connectivity index (χ1n) is 25.0. The van der Waals surface area contributed by atoms with Gasteiger partial charge < -0.3 is 39.9 Å². The Hall–Kier alpha value is -1.41. The number of hydrogen-bond acceptors (Lipinski definition) is 12. The SMILES string of the molecule is CCCCCCCC/C=C\CCCCCCCCCC(=O)OC[C@H](COP(=O)(O)OC1C(O)C(O)C(O)[C@@H](O)C1O)OC(=O)CCCCCCCCCCCCCCCCCC. The molecule has 0 aliphatic heterocycles. The fourth-order valence-corrected chi connectivity index (χ4v) is 8.79. The zero-order valence-electron chi connectivity index (χ0n) is 38.9. The summed E-state index contributed by atoms with van der Waals surface area (Å²) in [5.41, 5.74) is 0. The molecule has 366 valence electrons. The van der Waals surface area contributed by atoms with Crippen molar-refractivity contribution in [2.45, 2.75) is 268 Å². The number of hydrogen-bond donors (Lipinski definition) is 6. The number of esters is 2. The summed E-state index contributed by atoms with van der Waals surface area (Å²) in [6.07, 6.45) is 28.3. The second-order valence-corrected chi connectivity index (χ2v) is 19.1. The molecule has 0 bridgehead atoms. The zero-order valence-corrected chi connectivity index (χ0v) is 39.8. The predicted molar refractivity (Wildman–Crippen MR) is 244 cm³/mol. The second-order valence-electron chi connectivity index (χ2n) is 17.7. The highest BCUT2D eigenvalue weighted by molar-refractivity contribution is 7.47. The van der Waals surface area contributed by atoms with Gasteiger partial charge in [-0.1, -0.05) is 187 Å². The molecule has 0 heterocycles. The van der Waals surface area contributed by atoms with Crippen LogP contribution in [0, 0.1) is 0 Å². The van der Waals surface area contributed by atoms with Gasteiger partial charge in [0.1, 0.15) is 43.2 Å². The van der Waals surface area contributed by atoms with E-state index in [0.29, 0.717) is 12.8 Å². The molecule has 1 fully saturated rings. The molecule has 1 saturated carbocycles. The molecular formula is C48H91O13P. The third kappa shape index (κ3) is 30.7. The van der Waals surface area contributed by atoms with Crippen LogP contribution < -0.4 is 0 Å².